The molecule has 0 atom stereocenters. The van der Waals surface area contributed by atoms with Crippen molar-refractivity contribution in [3.8, 4) is 0 Å². The molecule has 0 fully saturated rings. The third-order valence-electron chi connectivity index (χ3n) is 2.22. The normalized spacial score (nSPS) is 11.0. The fourth-order valence-electron chi connectivity index (χ4n) is 1.55. The first-order chi connectivity index (χ1) is 7.81. The van der Waals surface area contributed by atoms with Crippen molar-refractivity contribution in [3.63, 3.8) is 0 Å². The van der Waals surface area contributed by atoms with E-state index >= 15 is 0 Å². The second-order valence-electron chi connectivity index (χ2n) is 3.41. The number of nitrogens with two attached hydrogens (primary N) is 1. The molecule has 0 bridgehead atoms. The number of aromatic amines is 1. The summed E-state index contributed by atoms with van der Waals surface area (Å²) in [5.41, 5.74) is 8.19. The molecule has 3 rings (SSSR count). The van der Waals surface area contributed by atoms with Crippen molar-refractivity contribution in [1.29, 1.82) is 0 Å². The smallest absolute Gasteiger partial charge is 0.180 e. The minimum atomic E-state index is 0.587. The van der Waals surface area contributed by atoms with Crippen LogP contribution in [0.2, 0.25) is 0 Å². The molecule has 0 amide bonds. The fourth-order valence-corrected chi connectivity index (χ4v) is 2.12. The molecular weight excluding hydrogens is 222 g/mol. The Morgan fingerprint density at radius 3 is 3.06 bits per heavy atom. The molecule has 3 heterocycles. The molecule has 3 aromatic heterocycles. The maximum Gasteiger partial charge on any atom is 0.180 e. The maximum atomic E-state index is 5.57. The number of rotatable bonds is 2. The number of hydrogen-bond acceptors (Lipinski definition) is 5. The van der Waals surface area contributed by atoms with Gasteiger partial charge in [-0.2, -0.15) is 0 Å². The molecule has 0 aliphatic carbocycles. The van der Waals surface area contributed by atoms with E-state index in [-0.39, 0.29) is 0 Å². The van der Waals surface area contributed by atoms with Gasteiger partial charge in [0.25, 0.3) is 0 Å². The Morgan fingerprint density at radius 2 is 2.31 bits per heavy atom. The van der Waals surface area contributed by atoms with Crippen LogP contribution in [0.25, 0.3) is 11.2 Å². The first-order valence-corrected chi connectivity index (χ1v) is 5.69. The molecule has 0 aliphatic rings. The fraction of sp³-hybridized carbons (Fsp3) is 0.100. The van der Waals surface area contributed by atoms with Crippen LogP contribution in [0.3, 0.4) is 0 Å². The topological polar surface area (TPSA) is 80.5 Å². The van der Waals surface area contributed by atoms with E-state index in [9.17, 15) is 0 Å². The van der Waals surface area contributed by atoms with Gasteiger partial charge in [-0.3, -0.25) is 0 Å². The molecule has 0 spiro atoms. The lowest BCUT2D eigenvalue weighted by Crippen LogP contribution is -1.91. The van der Waals surface area contributed by atoms with E-state index in [0.29, 0.717) is 11.6 Å². The van der Waals surface area contributed by atoms with Gasteiger partial charge in [-0.25, -0.2) is 15.0 Å². The molecular formula is C10H9N5S. The standard InChI is InChI=1S/C10H9N5S/c11-10-13-6(5-16-10)4-8-14-7-2-1-3-12-9(7)15-8/h1-3,5H,4H2,(H2,11,13)(H,12,14,15). The third-order valence-corrected chi connectivity index (χ3v) is 2.95. The summed E-state index contributed by atoms with van der Waals surface area (Å²) in [6.07, 6.45) is 2.39. The highest BCUT2D eigenvalue weighted by molar-refractivity contribution is 7.13. The van der Waals surface area contributed by atoms with Crippen LogP contribution >= 0.6 is 11.3 Å². The molecule has 0 unspecified atom stereocenters. The lowest BCUT2D eigenvalue weighted by molar-refractivity contribution is 1.000. The van der Waals surface area contributed by atoms with Gasteiger partial charge in [-0.1, -0.05) is 0 Å². The number of hydrogen-bond donors (Lipinski definition) is 2. The molecule has 0 aromatic carbocycles. The van der Waals surface area contributed by atoms with Gasteiger partial charge in [-0.05, 0) is 12.1 Å². The average molecular weight is 231 g/mol. The van der Waals surface area contributed by atoms with Crippen LogP contribution in [0.15, 0.2) is 23.7 Å². The van der Waals surface area contributed by atoms with Crippen molar-refractivity contribution < 1.29 is 0 Å². The Morgan fingerprint density at radius 1 is 1.38 bits per heavy atom. The van der Waals surface area contributed by atoms with Crippen LogP contribution in [-0.4, -0.2) is 19.9 Å². The van der Waals surface area contributed by atoms with E-state index < -0.39 is 0 Å². The number of aromatic nitrogens is 4. The predicted octanol–water partition coefficient (Wildman–Crippen LogP) is 1.59. The summed E-state index contributed by atoms with van der Waals surface area (Å²) in [7, 11) is 0. The lowest BCUT2D eigenvalue weighted by Gasteiger charge is -1.89. The van der Waals surface area contributed by atoms with E-state index in [1.807, 2.05) is 17.5 Å². The summed E-state index contributed by atoms with van der Waals surface area (Å²) >= 11 is 1.44. The molecule has 3 aromatic rings. The van der Waals surface area contributed by atoms with Crippen LogP contribution in [-0.2, 0) is 6.42 Å². The minimum Gasteiger partial charge on any atom is -0.375 e. The number of pyridine rings is 1. The van der Waals surface area contributed by atoms with Crippen molar-refractivity contribution in [1.82, 2.24) is 19.9 Å². The summed E-state index contributed by atoms with van der Waals surface area (Å²) < 4.78 is 0. The van der Waals surface area contributed by atoms with Crippen LogP contribution in [0.4, 0.5) is 5.13 Å². The maximum absolute atomic E-state index is 5.57. The quantitative estimate of drug-likeness (QED) is 0.701. The van der Waals surface area contributed by atoms with Crippen molar-refractivity contribution >= 4 is 27.6 Å². The van der Waals surface area contributed by atoms with Crippen LogP contribution < -0.4 is 5.73 Å². The molecule has 6 heteroatoms. The summed E-state index contributed by atoms with van der Waals surface area (Å²) in [4.78, 5) is 15.9. The van der Waals surface area contributed by atoms with Gasteiger partial charge in [-0.15, -0.1) is 11.3 Å². The summed E-state index contributed by atoms with van der Waals surface area (Å²) in [5, 5.41) is 2.53. The zero-order valence-electron chi connectivity index (χ0n) is 8.34. The van der Waals surface area contributed by atoms with Gasteiger partial charge in [0.2, 0.25) is 0 Å². The molecule has 0 aliphatic heterocycles. The van der Waals surface area contributed by atoms with E-state index in [2.05, 4.69) is 19.9 Å². The summed E-state index contributed by atoms with van der Waals surface area (Å²) in [6, 6.07) is 3.83. The number of nitrogen functional groups attached to an aromatic ring is 1. The van der Waals surface area contributed by atoms with Crippen LogP contribution in [0.1, 0.15) is 11.5 Å². The molecule has 0 saturated heterocycles. The van der Waals surface area contributed by atoms with Crippen molar-refractivity contribution in [2.24, 2.45) is 0 Å². The molecule has 80 valence electrons. The molecule has 5 nitrogen and oxygen atoms in total. The van der Waals surface area contributed by atoms with Gasteiger partial charge < -0.3 is 10.7 Å². The second kappa shape index (κ2) is 3.57. The van der Waals surface area contributed by atoms with Crippen molar-refractivity contribution in [2.75, 3.05) is 5.73 Å². The minimum absolute atomic E-state index is 0.587. The number of nitrogens with zero attached hydrogens (tertiary/aromatic N) is 3. The van der Waals surface area contributed by atoms with Gasteiger partial charge in [0.05, 0.1) is 11.2 Å². The lowest BCUT2D eigenvalue weighted by atomic mass is 10.3. The molecule has 3 N–H and O–H groups in total. The number of imidazole rings is 1. The largest absolute Gasteiger partial charge is 0.375 e. The highest BCUT2D eigenvalue weighted by atomic mass is 32.1. The molecule has 16 heavy (non-hydrogen) atoms. The van der Waals surface area contributed by atoms with Gasteiger partial charge in [0.15, 0.2) is 10.8 Å². The van der Waals surface area contributed by atoms with Crippen LogP contribution in [0.5, 0.6) is 0 Å². The monoisotopic (exact) mass is 231 g/mol. The van der Waals surface area contributed by atoms with Gasteiger partial charge in [0.1, 0.15) is 5.82 Å². The Balaban J connectivity index is 1.95. The van der Waals surface area contributed by atoms with E-state index in [1.54, 1.807) is 6.20 Å². The van der Waals surface area contributed by atoms with Gasteiger partial charge in [0, 0.05) is 18.0 Å². The Labute approximate surface area is 95.4 Å². The molecule has 0 radical (unpaired) electrons. The number of nitrogens with one attached hydrogen (secondary N) is 1. The number of H-pyrrole nitrogens is 1. The van der Waals surface area contributed by atoms with E-state index in [1.165, 1.54) is 11.3 Å². The Kier molecular flexibility index (Phi) is 2.07. The predicted molar refractivity (Wildman–Crippen MR) is 63.2 cm³/mol. The first kappa shape index (κ1) is 9.29. The highest BCUT2D eigenvalue weighted by Gasteiger charge is 2.06. The van der Waals surface area contributed by atoms with Crippen LogP contribution in [0, 0.1) is 0 Å². The first-order valence-electron chi connectivity index (χ1n) is 4.81. The average Bonchev–Trinajstić information content (AvgIpc) is 2.84. The molecule has 0 saturated carbocycles. The Bertz CT molecular complexity index is 594. The summed E-state index contributed by atoms with van der Waals surface area (Å²) in [6.45, 7) is 0. The number of anilines is 1. The van der Waals surface area contributed by atoms with Gasteiger partial charge >= 0.3 is 0 Å². The summed E-state index contributed by atoms with van der Waals surface area (Å²) in [5.74, 6) is 0.860. The second-order valence-corrected chi connectivity index (χ2v) is 4.30. The van der Waals surface area contributed by atoms with E-state index in [4.69, 9.17) is 5.73 Å². The SMILES string of the molecule is Nc1nc(Cc2nc3ncccc3[nH]2)cs1. The zero-order chi connectivity index (χ0) is 11.0. The Hall–Kier alpha value is -1.95. The number of fused-ring (bicyclic) bond motifs is 1. The van der Waals surface area contributed by atoms with Crippen molar-refractivity contribution in [3.05, 3.63) is 35.2 Å². The zero-order valence-corrected chi connectivity index (χ0v) is 9.16. The highest BCUT2D eigenvalue weighted by Crippen LogP contribution is 2.15. The number of thiazole rings is 1. The van der Waals surface area contributed by atoms with E-state index in [0.717, 1.165) is 22.7 Å². The van der Waals surface area contributed by atoms with Crippen molar-refractivity contribution in [2.45, 2.75) is 6.42 Å². The third kappa shape index (κ3) is 1.63.